The van der Waals surface area contributed by atoms with Crippen molar-refractivity contribution in [2.45, 2.75) is 58.2 Å². The normalized spacial score (nSPS) is 18.5. The van der Waals surface area contributed by atoms with Crippen LogP contribution >= 0.6 is 23.2 Å². The molecule has 2 aromatic carbocycles. The van der Waals surface area contributed by atoms with Crippen molar-refractivity contribution in [1.29, 1.82) is 0 Å². The average molecular weight is 760 g/mol. The van der Waals surface area contributed by atoms with Crippen LogP contribution in [0.2, 0.25) is 10.0 Å². The topological polar surface area (TPSA) is 112 Å². The highest BCUT2D eigenvalue weighted by Crippen LogP contribution is 2.45. The van der Waals surface area contributed by atoms with Gasteiger partial charge in [0.25, 0.3) is 0 Å². The fourth-order valence-electron chi connectivity index (χ4n) is 7.69. The van der Waals surface area contributed by atoms with E-state index in [0.29, 0.717) is 85.0 Å². The van der Waals surface area contributed by atoms with Crippen LogP contribution in [0.1, 0.15) is 61.0 Å². The molecule has 2 fully saturated rings. The number of nitrogens with one attached hydrogen (secondary N) is 1. The molecule has 278 valence electrons. The minimum atomic E-state index is -0.255. The predicted octanol–water partition coefficient (Wildman–Crippen LogP) is 7.65. The second kappa shape index (κ2) is 16.4. The number of hydrogen-bond acceptors (Lipinski definition) is 10. The monoisotopic (exact) mass is 758 g/mol. The van der Waals surface area contributed by atoms with E-state index >= 15 is 0 Å². The Morgan fingerprint density at radius 3 is 2.42 bits per heavy atom. The van der Waals surface area contributed by atoms with Gasteiger partial charge in [-0.2, -0.15) is 4.98 Å². The highest BCUT2D eigenvalue weighted by Gasteiger charge is 2.35. The largest absolute Gasteiger partial charge is 0.481 e. The van der Waals surface area contributed by atoms with E-state index in [4.69, 9.17) is 47.1 Å². The van der Waals surface area contributed by atoms with E-state index in [0.717, 1.165) is 64.9 Å². The number of ketones is 1. The molecule has 0 spiro atoms. The molecule has 53 heavy (non-hydrogen) atoms. The number of benzene rings is 2. The van der Waals surface area contributed by atoms with Crippen molar-refractivity contribution in [2.75, 3.05) is 40.5 Å². The van der Waals surface area contributed by atoms with E-state index in [1.165, 1.54) is 5.56 Å². The van der Waals surface area contributed by atoms with Crippen LogP contribution in [-0.4, -0.2) is 67.1 Å². The Morgan fingerprint density at radius 2 is 1.66 bits per heavy atom. The molecule has 2 atom stereocenters. The van der Waals surface area contributed by atoms with Crippen LogP contribution in [0, 0.1) is 11.8 Å². The number of methoxy groups -OCH3 is 2. The molecule has 3 heterocycles. The lowest BCUT2D eigenvalue weighted by Crippen LogP contribution is -2.50. The van der Waals surface area contributed by atoms with Crippen LogP contribution in [0.4, 0.5) is 0 Å². The van der Waals surface area contributed by atoms with Gasteiger partial charge in [0.15, 0.2) is 0 Å². The number of ether oxygens (including phenoxy) is 4. The van der Waals surface area contributed by atoms with Gasteiger partial charge >= 0.3 is 5.97 Å². The van der Waals surface area contributed by atoms with E-state index in [-0.39, 0.29) is 18.0 Å². The molecule has 12 heteroatoms. The Labute approximate surface area is 320 Å². The lowest BCUT2D eigenvalue weighted by atomic mass is 9.94. The Bertz CT molecular complexity index is 2000. The van der Waals surface area contributed by atoms with Gasteiger partial charge in [-0.25, -0.2) is 4.98 Å². The summed E-state index contributed by atoms with van der Waals surface area (Å²) in [5, 5.41) is 4.48. The average Bonchev–Trinajstić information content (AvgIpc) is 3.76. The van der Waals surface area contributed by atoms with E-state index in [2.05, 4.69) is 27.3 Å². The zero-order valence-electron chi connectivity index (χ0n) is 30.3. The molecule has 7 rings (SSSR count). The maximum Gasteiger partial charge on any atom is 0.311 e. The molecule has 1 aliphatic heterocycles. The standard InChI is InChI=1S/C41H44Cl2N4O6/c1-4-52-41(49)27-22-47(23-27)21-26-18-34(42)40(46-39(26)51-3)53-36-16-14-30-29(7-5-8-31(30)36)32-9-6-10-33(37(32)43)35-15-12-25(38(45-35)50-2)20-44-19-24-11-13-28(48)17-24/h5-10,12,15,18,24,27,36,44H,4,11,13-14,16-17,19-23H2,1-3H3/t24-,36+/m1/s1. The van der Waals surface area contributed by atoms with Crippen molar-refractivity contribution in [3.8, 4) is 40.0 Å². The van der Waals surface area contributed by atoms with Crippen molar-refractivity contribution in [3.05, 3.63) is 86.9 Å². The maximum absolute atomic E-state index is 12.0. The van der Waals surface area contributed by atoms with Crippen LogP contribution < -0.4 is 19.5 Å². The number of esters is 1. The van der Waals surface area contributed by atoms with E-state index in [9.17, 15) is 9.59 Å². The van der Waals surface area contributed by atoms with Gasteiger partial charge < -0.3 is 24.3 Å². The second-order valence-electron chi connectivity index (χ2n) is 13.9. The van der Waals surface area contributed by atoms with Gasteiger partial charge in [-0.1, -0.05) is 65.7 Å². The number of fused-ring (bicyclic) bond motifs is 1. The molecule has 3 aliphatic rings. The number of aromatic nitrogens is 2. The first kappa shape index (κ1) is 37.1. The summed E-state index contributed by atoms with van der Waals surface area (Å²) < 4.78 is 23.0. The number of rotatable bonds is 14. The number of hydrogen-bond donors (Lipinski definition) is 1. The van der Waals surface area contributed by atoms with Crippen molar-refractivity contribution in [1.82, 2.24) is 20.2 Å². The molecule has 2 aliphatic carbocycles. The zero-order valence-corrected chi connectivity index (χ0v) is 31.8. The molecule has 1 saturated carbocycles. The number of nitrogens with zero attached hydrogens (tertiary/aromatic N) is 3. The predicted molar refractivity (Wildman–Crippen MR) is 204 cm³/mol. The molecule has 0 bridgehead atoms. The summed E-state index contributed by atoms with van der Waals surface area (Å²) in [6.07, 6.45) is 3.58. The summed E-state index contributed by atoms with van der Waals surface area (Å²) in [5.41, 5.74) is 7.50. The third-order valence-electron chi connectivity index (χ3n) is 10.4. The SMILES string of the molecule is CCOC(=O)C1CN(Cc2cc(Cl)c(O[C@H]3CCc4c(-c5cccc(-c6ccc(CNC[C@@H]7CCC(=O)C7)c(OC)n6)c5Cl)cccc43)nc2OC)C1. The van der Waals surface area contributed by atoms with Crippen molar-refractivity contribution < 1.29 is 28.5 Å². The van der Waals surface area contributed by atoms with E-state index in [1.807, 2.05) is 49.4 Å². The van der Waals surface area contributed by atoms with Gasteiger partial charge in [-0.3, -0.25) is 14.5 Å². The quantitative estimate of drug-likeness (QED) is 0.129. The van der Waals surface area contributed by atoms with Crippen LogP contribution in [0.25, 0.3) is 22.4 Å². The first-order valence-electron chi connectivity index (χ1n) is 18.2. The highest BCUT2D eigenvalue weighted by atomic mass is 35.5. The highest BCUT2D eigenvalue weighted by molar-refractivity contribution is 6.36. The molecule has 0 unspecified atom stereocenters. The summed E-state index contributed by atoms with van der Waals surface area (Å²) in [5.74, 6) is 1.77. The molecule has 1 N–H and O–H groups in total. The van der Waals surface area contributed by atoms with Gasteiger partial charge in [0.2, 0.25) is 17.6 Å². The molecule has 0 radical (unpaired) electrons. The number of Topliss-reactive ketones (excluding diaryl/α,β-unsaturated/α-hetero) is 1. The summed E-state index contributed by atoms with van der Waals surface area (Å²) in [6.45, 7) is 5.38. The fraction of sp³-hybridized carbons (Fsp3) is 0.415. The lowest BCUT2D eigenvalue weighted by Gasteiger charge is -2.37. The molecule has 1 saturated heterocycles. The van der Waals surface area contributed by atoms with Gasteiger partial charge in [-0.15, -0.1) is 0 Å². The number of pyridine rings is 2. The second-order valence-corrected chi connectivity index (χ2v) is 14.7. The molecule has 0 amide bonds. The minimum absolute atomic E-state index is 0.113. The number of carbonyl (C=O) groups is 2. The van der Waals surface area contributed by atoms with Gasteiger partial charge in [0.1, 0.15) is 16.9 Å². The maximum atomic E-state index is 12.0. The molecule has 4 aromatic rings. The van der Waals surface area contributed by atoms with Gasteiger partial charge in [0.05, 0.1) is 37.5 Å². The van der Waals surface area contributed by atoms with Crippen LogP contribution in [0.3, 0.4) is 0 Å². The van der Waals surface area contributed by atoms with Crippen molar-refractivity contribution in [3.63, 3.8) is 0 Å². The molecule has 10 nitrogen and oxygen atoms in total. The van der Waals surface area contributed by atoms with Gasteiger partial charge in [-0.05, 0) is 67.5 Å². The van der Waals surface area contributed by atoms with Gasteiger partial charge in [0, 0.05) is 61.3 Å². The van der Waals surface area contributed by atoms with Crippen molar-refractivity contribution in [2.24, 2.45) is 11.8 Å². The first-order chi connectivity index (χ1) is 25.8. The number of carbonyl (C=O) groups excluding carboxylic acids is 2. The Morgan fingerprint density at radius 1 is 0.906 bits per heavy atom. The smallest absolute Gasteiger partial charge is 0.311 e. The summed E-state index contributed by atoms with van der Waals surface area (Å²) in [7, 11) is 3.20. The molecular weight excluding hydrogens is 715 g/mol. The lowest BCUT2D eigenvalue weighted by molar-refractivity contribution is -0.154. The van der Waals surface area contributed by atoms with Crippen LogP contribution in [0.15, 0.2) is 54.6 Å². The molecule has 2 aromatic heterocycles. The Balaban J connectivity index is 1.06. The Hall–Kier alpha value is -4.22. The third-order valence-corrected chi connectivity index (χ3v) is 11.1. The zero-order chi connectivity index (χ0) is 37.1. The number of likely N-dealkylation sites (tertiary alicyclic amines) is 1. The van der Waals surface area contributed by atoms with E-state index < -0.39 is 0 Å². The van der Waals surface area contributed by atoms with Crippen molar-refractivity contribution >= 4 is 35.0 Å². The van der Waals surface area contributed by atoms with Crippen LogP contribution in [0.5, 0.6) is 17.6 Å². The Kier molecular flexibility index (Phi) is 11.5. The summed E-state index contributed by atoms with van der Waals surface area (Å²) in [6, 6.07) is 18.1. The first-order valence-corrected chi connectivity index (χ1v) is 19.0. The summed E-state index contributed by atoms with van der Waals surface area (Å²) >= 11 is 13.9. The van der Waals surface area contributed by atoms with E-state index in [1.54, 1.807) is 14.2 Å². The summed E-state index contributed by atoms with van der Waals surface area (Å²) in [4.78, 5) is 35.3. The molecular formula is C41H44Cl2N4O6. The third kappa shape index (κ3) is 8.01. The van der Waals surface area contributed by atoms with Crippen LogP contribution in [-0.2, 0) is 33.8 Å². The fourth-order valence-corrected chi connectivity index (χ4v) is 8.23. The minimum Gasteiger partial charge on any atom is -0.481 e. The number of halogens is 2.